The van der Waals surface area contributed by atoms with E-state index in [1.807, 2.05) is 19.1 Å². The lowest BCUT2D eigenvalue weighted by molar-refractivity contribution is -0.136. The molecule has 0 fully saturated rings. The number of amides is 1. The van der Waals surface area contributed by atoms with Crippen LogP contribution in [0.5, 0.6) is 0 Å². The number of carboxylic acids is 1. The predicted molar refractivity (Wildman–Crippen MR) is 86.7 cm³/mol. The highest BCUT2D eigenvalue weighted by Gasteiger charge is 2.23. The van der Waals surface area contributed by atoms with Crippen molar-refractivity contribution >= 4 is 23.5 Å². The van der Waals surface area contributed by atoms with Gasteiger partial charge >= 0.3 is 5.97 Å². The number of halogens is 1. The summed E-state index contributed by atoms with van der Waals surface area (Å²) in [5.74, 6) is -1.23. The maximum Gasteiger partial charge on any atom is 0.311 e. The summed E-state index contributed by atoms with van der Waals surface area (Å²) >= 11 is 6.00. The summed E-state index contributed by atoms with van der Waals surface area (Å²) in [4.78, 5) is 23.4. The fourth-order valence-electron chi connectivity index (χ4n) is 2.45. The maximum atomic E-state index is 12.6. The summed E-state index contributed by atoms with van der Waals surface area (Å²) in [5.41, 5.74) is 1.79. The van der Waals surface area contributed by atoms with Gasteiger partial charge in [-0.1, -0.05) is 30.7 Å². The molecule has 5 nitrogen and oxygen atoms in total. The topological polar surface area (TPSA) is 79.5 Å². The molecule has 1 aromatic carbocycles. The number of furan rings is 1. The zero-order valence-corrected chi connectivity index (χ0v) is 13.7. The number of aliphatic carboxylic acids is 1. The number of aryl methyl sites for hydroxylation is 1. The van der Waals surface area contributed by atoms with Crippen LogP contribution in [0.1, 0.15) is 46.6 Å². The Morgan fingerprint density at radius 2 is 2.13 bits per heavy atom. The molecule has 1 heterocycles. The summed E-state index contributed by atoms with van der Waals surface area (Å²) in [7, 11) is 0. The van der Waals surface area contributed by atoms with Gasteiger partial charge in [0.05, 0.1) is 17.9 Å². The molecule has 0 radical (unpaired) electrons. The minimum Gasteiger partial charge on any atom is -0.481 e. The number of carbonyl (C=O) groups is 2. The minimum atomic E-state index is -1.05. The first kappa shape index (κ1) is 17.1. The summed E-state index contributed by atoms with van der Waals surface area (Å²) < 4.78 is 5.20. The third-order valence-electron chi connectivity index (χ3n) is 3.55. The lowest BCUT2D eigenvalue weighted by atomic mass is 10.0. The highest BCUT2D eigenvalue weighted by Crippen LogP contribution is 2.23. The highest BCUT2D eigenvalue weighted by atomic mass is 35.5. The van der Waals surface area contributed by atoms with Gasteiger partial charge in [0, 0.05) is 10.6 Å². The van der Waals surface area contributed by atoms with Crippen molar-refractivity contribution in [3.8, 4) is 0 Å². The molecule has 2 N–H and O–H groups in total. The Kier molecular flexibility index (Phi) is 5.45. The van der Waals surface area contributed by atoms with Crippen molar-refractivity contribution in [2.75, 3.05) is 0 Å². The molecule has 0 aliphatic heterocycles. The fraction of sp³-hybridized carbons (Fsp3) is 0.294. The average molecular weight is 336 g/mol. The Bertz CT molecular complexity index is 723. The van der Waals surface area contributed by atoms with E-state index in [9.17, 15) is 9.59 Å². The van der Waals surface area contributed by atoms with Gasteiger partial charge in [0.15, 0.2) is 0 Å². The number of nitrogens with one attached hydrogen (secondary N) is 1. The van der Waals surface area contributed by atoms with Crippen LogP contribution in [0.4, 0.5) is 0 Å². The number of carboxylic acid groups (broad SMARTS) is 1. The summed E-state index contributed by atoms with van der Waals surface area (Å²) in [6, 6.07) is 7.07. The Labute approximate surface area is 139 Å². The molecular weight excluding hydrogens is 318 g/mol. The quantitative estimate of drug-likeness (QED) is 0.842. The van der Waals surface area contributed by atoms with E-state index < -0.39 is 5.97 Å². The van der Waals surface area contributed by atoms with Crippen LogP contribution in [0.2, 0.25) is 5.02 Å². The van der Waals surface area contributed by atoms with E-state index in [-0.39, 0.29) is 29.7 Å². The van der Waals surface area contributed by atoms with E-state index in [0.717, 1.165) is 5.56 Å². The lowest BCUT2D eigenvalue weighted by Crippen LogP contribution is -2.29. The first-order valence-corrected chi connectivity index (χ1v) is 7.65. The zero-order chi connectivity index (χ0) is 17.0. The van der Waals surface area contributed by atoms with E-state index in [1.54, 1.807) is 19.1 Å². The van der Waals surface area contributed by atoms with Crippen LogP contribution in [0.25, 0.3) is 0 Å². The van der Waals surface area contributed by atoms with Crippen LogP contribution in [0.3, 0.4) is 0 Å². The van der Waals surface area contributed by atoms with Gasteiger partial charge < -0.3 is 14.8 Å². The summed E-state index contributed by atoms with van der Waals surface area (Å²) in [5, 5.41) is 12.4. The monoisotopic (exact) mass is 335 g/mol. The first-order chi connectivity index (χ1) is 10.9. The van der Waals surface area contributed by atoms with E-state index >= 15 is 0 Å². The number of hydrogen-bond acceptors (Lipinski definition) is 3. The minimum absolute atomic E-state index is 0.161. The molecule has 0 saturated heterocycles. The summed E-state index contributed by atoms with van der Waals surface area (Å²) in [6.45, 7) is 3.66. The molecule has 122 valence electrons. The Balaban J connectivity index is 2.23. The van der Waals surface area contributed by atoms with Crippen LogP contribution in [-0.2, 0) is 11.2 Å². The molecule has 1 amide bonds. The van der Waals surface area contributed by atoms with Crippen LogP contribution < -0.4 is 5.32 Å². The van der Waals surface area contributed by atoms with Gasteiger partial charge in [-0.3, -0.25) is 9.59 Å². The Morgan fingerprint density at radius 1 is 1.39 bits per heavy atom. The SMILES string of the molecule is CCC(NC(=O)c1c(C)coc1CC(=O)O)c1cccc(Cl)c1. The van der Waals surface area contributed by atoms with Gasteiger partial charge in [-0.05, 0) is 31.0 Å². The molecule has 1 aromatic heterocycles. The van der Waals surface area contributed by atoms with Gasteiger partial charge in [0.2, 0.25) is 0 Å². The van der Waals surface area contributed by atoms with Crippen molar-refractivity contribution in [3.05, 3.63) is 58.0 Å². The van der Waals surface area contributed by atoms with Gasteiger partial charge in [0.25, 0.3) is 5.91 Å². The average Bonchev–Trinajstić information content (AvgIpc) is 2.84. The predicted octanol–water partition coefficient (Wildman–Crippen LogP) is 3.75. The van der Waals surface area contributed by atoms with Crippen molar-refractivity contribution < 1.29 is 19.1 Å². The zero-order valence-electron chi connectivity index (χ0n) is 12.9. The van der Waals surface area contributed by atoms with Crippen molar-refractivity contribution in [2.24, 2.45) is 0 Å². The Morgan fingerprint density at radius 3 is 2.74 bits per heavy atom. The molecule has 1 unspecified atom stereocenters. The Hall–Kier alpha value is -2.27. The van der Waals surface area contributed by atoms with Crippen LogP contribution in [-0.4, -0.2) is 17.0 Å². The third-order valence-corrected chi connectivity index (χ3v) is 3.79. The number of carbonyl (C=O) groups excluding carboxylic acids is 1. The molecule has 0 bridgehead atoms. The van der Waals surface area contributed by atoms with E-state index in [2.05, 4.69) is 5.32 Å². The molecule has 2 rings (SSSR count). The first-order valence-electron chi connectivity index (χ1n) is 7.27. The molecule has 2 aromatic rings. The number of hydrogen-bond donors (Lipinski definition) is 2. The van der Waals surface area contributed by atoms with E-state index in [4.69, 9.17) is 21.1 Å². The molecule has 23 heavy (non-hydrogen) atoms. The molecule has 0 aliphatic carbocycles. The second kappa shape index (κ2) is 7.33. The third kappa shape index (κ3) is 4.13. The smallest absolute Gasteiger partial charge is 0.311 e. The molecule has 6 heteroatoms. The van der Waals surface area contributed by atoms with Crippen LogP contribution in [0.15, 0.2) is 34.9 Å². The van der Waals surface area contributed by atoms with Crippen molar-refractivity contribution in [2.45, 2.75) is 32.7 Å². The van der Waals surface area contributed by atoms with E-state index in [0.29, 0.717) is 17.0 Å². The maximum absolute atomic E-state index is 12.6. The fourth-order valence-corrected chi connectivity index (χ4v) is 2.64. The standard InChI is InChI=1S/C17H18ClNO4/c1-3-13(11-5-4-6-12(18)7-11)19-17(22)16-10(2)9-23-14(16)8-15(20)21/h4-7,9,13H,3,8H2,1-2H3,(H,19,22)(H,20,21). The van der Waals surface area contributed by atoms with Gasteiger partial charge in [-0.15, -0.1) is 0 Å². The van der Waals surface area contributed by atoms with Crippen LogP contribution >= 0.6 is 11.6 Å². The molecule has 1 atom stereocenters. The molecule has 0 saturated carbocycles. The van der Waals surface area contributed by atoms with Gasteiger partial charge in [-0.25, -0.2) is 0 Å². The molecule has 0 aliphatic rings. The van der Waals surface area contributed by atoms with Crippen molar-refractivity contribution in [1.29, 1.82) is 0 Å². The number of rotatable bonds is 6. The van der Waals surface area contributed by atoms with Crippen molar-refractivity contribution in [3.63, 3.8) is 0 Å². The van der Waals surface area contributed by atoms with Crippen LogP contribution in [0, 0.1) is 6.92 Å². The second-order valence-electron chi connectivity index (χ2n) is 5.28. The van der Waals surface area contributed by atoms with E-state index in [1.165, 1.54) is 6.26 Å². The number of benzene rings is 1. The second-order valence-corrected chi connectivity index (χ2v) is 5.71. The molecular formula is C17H18ClNO4. The molecule has 0 spiro atoms. The van der Waals surface area contributed by atoms with Gasteiger partial charge in [0.1, 0.15) is 12.2 Å². The lowest BCUT2D eigenvalue weighted by Gasteiger charge is -2.18. The van der Waals surface area contributed by atoms with Gasteiger partial charge in [-0.2, -0.15) is 0 Å². The van der Waals surface area contributed by atoms with Crippen molar-refractivity contribution in [1.82, 2.24) is 5.32 Å². The largest absolute Gasteiger partial charge is 0.481 e. The summed E-state index contributed by atoms with van der Waals surface area (Å²) in [6.07, 6.45) is 1.75. The highest BCUT2D eigenvalue weighted by molar-refractivity contribution is 6.30. The normalized spacial score (nSPS) is 12.0.